The summed E-state index contributed by atoms with van der Waals surface area (Å²) in [5.74, 6) is 0.584. The molecule has 2 aromatic carbocycles. The fourth-order valence-corrected chi connectivity index (χ4v) is 5.09. The molecule has 0 amide bonds. The van der Waals surface area contributed by atoms with Crippen LogP contribution in [0.25, 0.3) is 21.3 Å². The zero-order valence-corrected chi connectivity index (χ0v) is 22.5. The normalized spacial score (nSPS) is 13.0. The topological polar surface area (TPSA) is 78.5 Å². The molecule has 0 bridgehead atoms. The summed E-state index contributed by atoms with van der Waals surface area (Å²) < 4.78 is 5.78. The van der Waals surface area contributed by atoms with Crippen molar-refractivity contribution in [1.29, 1.82) is 0 Å². The number of nitrogens with zero attached hydrogens (tertiary/aromatic N) is 2. The summed E-state index contributed by atoms with van der Waals surface area (Å²) in [4.78, 5) is 23.8. The third-order valence-electron chi connectivity index (χ3n) is 6.11. The number of thiophene rings is 1. The number of hydrogen-bond acceptors (Lipinski definition) is 6. The third-order valence-corrected chi connectivity index (χ3v) is 6.98. The Hall–Kier alpha value is -2.84. The van der Waals surface area contributed by atoms with Crippen LogP contribution in [0.5, 0.6) is 0 Å². The predicted octanol–water partition coefficient (Wildman–Crippen LogP) is 5.45. The molecule has 0 fully saturated rings. The number of ether oxygens (including phenoxy) is 1. The number of aryl methyl sites for hydroxylation is 2. The van der Waals surface area contributed by atoms with Crippen molar-refractivity contribution in [2.75, 3.05) is 13.2 Å². The first-order valence-corrected chi connectivity index (χ1v) is 13.1. The van der Waals surface area contributed by atoms with E-state index in [1.165, 1.54) is 22.5 Å². The molecule has 4 rings (SSSR count). The van der Waals surface area contributed by atoms with Gasteiger partial charge >= 0.3 is 0 Å². The van der Waals surface area contributed by atoms with Gasteiger partial charge in [-0.05, 0) is 56.9 Å². The molecule has 2 aromatic heterocycles. The summed E-state index contributed by atoms with van der Waals surface area (Å²) >= 11 is 1.48. The van der Waals surface area contributed by atoms with Crippen LogP contribution in [-0.2, 0) is 17.8 Å². The highest BCUT2D eigenvalue weighted by molar-refractivity contribution is 7.17. The second-order valence-corrected chi connectivity index (χ2v) is 11.2. The van der Waals surface area contributed by atoms with Gasteiger partial charge in [-0.3, -0.25) is 9.69 Å². The van der Waals surface area contributed by atoms with Crippen LogP contribution in [0.2, 0.25) is 0 Å². The quantitative estimate of drug-likeness (QED) is 0.316. The van der Waals surface area contributed by atoms with E-state index in [1.54, 1.807) is 0 Å². The molecule has 0 aliphatic carbocycles. The van der Waals surface area contributed by atoms with E-state index in [0.717, 1.165) is 21.5 Å². The molecule has 190 valence electrons. The number of hydrogen-bond donors (Lipinski definition) is 2. The van der Waals surface area contributed by atoms with Crippen molar-refractivity contribution in [3.63, 3.8) is 0 Å². The lowest BCUT2D eigenvalue weighted by molar-refractivity contribution is -0.0574. The van der Waals surface area contributed by atoms with E-state index in [2.05, 4.69) is 54.1 Å². The van der Waals surface area contributed by atoms with Gasteiger partial charge < -0.3 is 14.8 Å². The number of aliphatic hydroxyl groups is 1. The van der Waals surface area contributed by atoms with Gasteiger partial charge in [0.05, 0.1) is 30.2 Å². The van der Waals surface area contributed by atoms with E-state index >= 15 is 0 Å². The van der Waals surface area contributed by atoms with Crippen LogP contribution in [0.15, 0.2) is 58.7 Å². The SMILES string of the molecule is Cc1ccc(-c2csc3nc(CN(Cc4ccccc4)C[C@H](O)COC(C)(C)C)[nH]c(=O)c23)cc1C. The number of aliphatic hydroxyl groups excluding tert-OH is 1. The maximum atomic E-state index is 13.2. The van der Waals surface area contributed by atoms with Crippen molar-refractivity contribution >= 4 is 21.6 Å². The lowest BCUT2D eigenvalue weighted by Gasteiger charge is -2.27. The Kier molecular flexibility index (Phi) is 8.05. The highest BCUT2D eigenvalue weighted by Gasteiger charge is 2.19. The maximum Gasteiger partial charge on any atom is 0.260 e. The summed E-state index contributed by atoms with van der Waals surface area (Å²) in [5, 5.41) is 13.3. The molecule has 6 nitrogen and oxygen atoms in total. The van der Waals surface area contributed by atoms with E-state index in [1.807, 2.05) is 44.4 Å². The van der Waals surface area contributed by atoms with Crippen LogP contribution in [0, 0.1) is 13.8 Å². The lowest BCUT2D eigenvalue weighted by atomic mass is 10.0. The summed E-state index contributed by atoms with van der Waals surface area (Å²) in [6, 6.07) is 16.3. The standard InChI is InChI=1S/C29H35N3O3S/c1-19-11-12-22(13-20(19)2)24-18-36-28-26(24)27(34)30-25(31-28)16-32(14-21-9-7-6-8-10-21)15-23(33)17-35-29(3,4)5/h6-13,18,23,33H,14-17H2,1-5H3,(H,30,31,34)/t23-/m0/s1. The monoisotopic (exact) mass is 505 g/mol. The number of rotatable bonds is 9. The lowest BCUT2D eigenvalue weighted by Crippen LogP contribution is -2.37. The highest BCUT2D eigenvalue weighted by atomic mass is 32.1. The first kappa shape index (κ1) is 26.2. The van der Waals surface area contributed by atoms with Crippen molar-refractivity contribution in [3.8, 4) is 11.1 Å². The van der Waals surface area contributed by atoms with Crippen molar-refractivity contribution in [2.24, 2.45) is 0 Å². The molecule has 0 unspecified atom stereocenters. The van der Waals surface area contributed by atoms with E-state index in [4.69, 9.17) is 9.72 Å². The van der Waals surface area contributed by atoms with Gasteiger partial charge in [0.15, 0.2) is 0 Å². The van der Waals surface area contributed by atoms with Gasteiger partial charge in [0.1, 0.15) is 10.7 Å². The Morgan fingerprint density at radius 1 is 1.08 bits per heavy atom. The first-order chi connectivity index (χ1) is 17.1. The molecule has 4 aromatic rings. The largest absolute Gasteiger partial charge is 0.389 e. The van der Waals surface area contributed by atoms with Crippen LogP contribution < -0.4 is 5.56 Å². The molecule has 0 aliphatic heterocycles. The van der Waals surface area contributed by atoms with Crippen LogP contribution in [0.1, 0.15) is 43.3 Å². The Morgan fingerprint density at radius 3 is 2.53 bits per heavy atom. The van der Waals surface area contributed by atoms with Crippen molar-refractivity contribution in [1.82, 2.24) is 14.9 Å². The molecule has 2 heterocycles. The molecule has 7 heteroatoms. The summed E-state index contributed by atoms with van der Waals surface area (Å²) in [6.45, 7) is 11.7. The fourth-order valence-electron chi connectivity index (χ4n) is 4.13. The van der Waals surface area contributed by atoms with Gasteiger partial charge in [-0.25, -0.2) is 4.98 Å². The molecule has 0 saturated carbocycles. The fraction of sp³-hybridized carbons (Fsp3) is 0.379. The number of aromatic nitrogens is 2. The average Bonchev–Trinajstić information content (AvgIpc) is 3.24. The van der Waals surface area contributed by atoms with Crippen LogP contribution in [0.3, 0.4) is 0 Å². The first-order valence-electron chi connectivity index (χ1n) is 12.3. The third kappa shape index (κ3) is 6.68. The molecular weight excluding hydrogens is 470 g/mol. The number of H-pyrrole nitrogens is 1. The molecule has 0 saturated heterocycles. The van der Waals surface area contributed by atoms with E-state index < -0.39 is 6.10 Å². The Bertz CT molecular complexity index is 1370. The van der Waals surface area contributed by atoms with Crippen LogP contribution in [0.4, 0.5) is 0 Å². The Morgan fingerprint density at radius 2 is 1.83 bits per heavy atom. The highest BCUT2D eigenvalue weighted by Crippen LogP contribution is 2.31. The van der Waals surface area contributed by atoms with Crippen molar-refractivity contribution in [3.05, 3.63) is 86.8 Å². The minimum atomic E-state index is -0.665. The minimum absolute atomic E-state index is 0.138. The number of fused-ring (bicyclic) bond motifs is 1. The molecule has 0 radical (unpaired) electrons. The second kappa shape index (κ2) is 11.0. The van der Waals surface area contributed by atoms with Gasteiger partial charge in [0, 0.05) is 24.0 Å². The Balaban J connectivity index is 1.59. The van der Waals surface area contributed by atoms with Crippen LogP contribution >= 0.6 is 11.3 Å². The summed E-state index contributed by atoms with van der Waals surface area (Å²) in [5.41, 5.74) is 5.01. The maximum absolute atomic E-state index is 13.2. The molecular formula is C29H35N3O3S. The van der Waals surface area contributed by atoms with Crippen LogP contribution in [-0.4, -0.2) is 44.8 Å². The van der Waals surface area contributed by atoms with Gasteiger partial charge in [-0.15, -0.1) is 11.3 Å². The second-order valence-electron chi connectivity index (χ2n) is 10.4. The summed E-state index contributed by atoms with van der Waals surface area (Å²) in [7, 11) is 0. The van der Waals surface area contributed by atoms with Crippen molar-refractivity contribution in [2.45, 2.75) is 59.4 Å². The van der Waals surface area contributed by atoms with Gasteiger partial charge in [-0.2, -0.15) is 0 Å². The van der Waals surface area contributed by atoms with E-state index in [9.17, 15) is 9.90 Å². The molecule has 0 aliphatic rings. The molecule has 0 spiro atoms. The summed E-state index contributed by atoms with van der Waals surface area (Å²) in [6.07, 6.45) is -0.665. The number of aromatic amines is 1. The smallest absolute Gasteiger partial charge is 0.260 e. The van der Waals surface area contributed by atoms with Gasteiger partial charge in [0.2, 0.25) is 0 Å². The number of nitrogens with one attached hydrogen (secondary N) is 1. The molecule has 2 N–H and O–H groups in total. The van der Waals surface area contributed by atoms with Crippen molar-refractivity contribution < 1.29 is 9.84 Å². The minimum Gasteiger partial charge on any atom is -0.389 e. The van der Waals surface area contributed by atoms with E-state index in [0.29, 0.717) is 30.8 Å². The zero-order chi connectivity index (χ0) is 25.9. The van der Waals surface area contributed by atoms with Gasteiger partial charge in [0.25, 0.3) is 5.56 Å². The molecule has 1 atom stereocenters. The predicted molar refractivity (Wildman–Crippen MR) is 147 cm³/mol. The number of benzene rings is 2. The molecule has 36 heavy (non-hydrogen) atoms. The zero-order valence-electron chi connectivity index (χ0n) is 21.7. The Labute approximate surface area is 216 Å². The average molecular weight is 506 g/mol. The van der Waals surface area contributed by atoms with E-state index in [-0.39, 0.29) is 17.8 Å². The van der Waals surface area contributed by atoms with Gasteiger partial charge in [-0.1, -0.05) is 48.5 Å².